The number of carbonyl (C=O) groups is 1. The van der Waals surface area contributed by atoms with Gasteiger partial charge in [-0.2, -0.15) is 4.39 Å². The largest absolute Gasteiger partial charge is 0.476 e. The molecule has 0 amide bonds. The van der Waals surface area contributed by atoms with Gasteiger partial charge in [-0.25, -0.2) is 17.9 Å². The molecule has 0 bridgehead atoms. The van der Waals surface area contributed by atoms with E-state index < -0.39 is 27.4 Å². The van der Waals surface area contributed by atoms with Gasteiger partial charge in [-0.05, 0) is 37.3 Å². The zero-order chi connectivity index (χ0) is 26.3. The lowest BCUT2D eigenvalue weighted by atomic mass is 9.87. The smallest absolute Gasteiger partial charge is 0.368 e. The second-order valence-electron chi connectivity index (χ2n) is 8.87. The van der Waals surface area contributed by atoms with Crippen LogP contribution in [0, 0.1) is 0 Å². The number of anilines is 2. The monoisotopic (exact) mass is 536 g/mol. The summed E-state index contributed by atoms with van der Waals surface area (Å²) >= 11 is 1.29. The van der Waals surface area contributed by atoms with Crippen LogP contribution >= 0.6 is 11.8 Å². The van der Waals surface area contributed by atoms with E-state index in [2.05, 4.69) is 18.6 Å². The molecule has 196 valence electrons. The van der Waals surface area contributed by atoms with Crippen LogP contribution in [0.2, 0.25) is 0 Å². The Labute approximate surface area is 216 Å². The Kier molecular flexibility index (Phi) is 9.43. The van der Waals surface area contributed by atoms with Crippen molar-refractivity contribution in [1.82, 2.24) is 4.72 Å². The highest BCUT2D eigenvalue weighted by Gasteiger charge is 2.42. The predicted molar refractivity (Wildman–Crippen MR) is 141 cm³/mol. The van der Waals surface area contributed by atoms with Crippen molar-refractivity contribution >= 4 is 39.1 Å². The van der Waals surface area contributed by atoms with E-state index in [0.717, 1.165) is 31.4 Å². The van der Waals surface area contributed by atoms with Crippen molar-refractivity contribution in [2.24, 2.45) is 0 Å². The zero-order valence-electron chi connectivity index (χ0n) is 20.8. The van der Waals surface area contributed by atoms with E-state index in [-0.39, 0.29) is 10.6 Å². The molecule has 1 aliphatic heterocycles. The summed E-state index contributed by atoms with van der Waals surface area (Å²) in [6, 6.07) is 12.7. The molecule has 0 aliphatic carbocycles. The van der Waals surface area contributed by atoms with Gasteiger partial charge in [-0.1, -0.05) is 57.7 Å². The molecule has 36 heavy (non-hydrogen) atoms. The third-order valence-corrected chi connectivity index (χ3v) is 8.58. The standard InChI is InChI=1S/C26H33FN2O5S2/c1-4-6-13-26(14-7-5-2)18-29(19-11-9-8-10-12-19)21-15-23(35-3)22(34-17-20(27)25(30)31)16-24(21)36(32,33)28-26/h8-12,15-17,28H,4-7,13-14,18H2,1-3H3,(H,30,31). The van der Waals surface area contributed by atoms with Crippen LogP contribution in [-0.2, 0) is 14.8 Å². The molecule has 10 heteroatoms. The molecule has 2 aromatic carbocycles. The van der Waals surface area contributed by atoms with Gasteiger partial charge < -0.3 is 14.7 Å². The van der Waals surface area contributed by atoms with Gasteiger partial charge in [-0.3, -0.25) is 0 Å². The van der Waals surface area contributed by atoms with Crippen LogP contribution in [0.1, 0.15) is 52.4 Å². The highest BCUT2D eigenvalue weighted by molar-refractivity contribution is 7.98. The number of nitrogens with zero attached hydrogens (tertiary/aromatic N) is 1. The number of fused-ring (bicyclic) bond motifs is 1. The first kappa shape index (κ1) is 28.0. The van der Waals surface area contributed by atoms with Gasteiger partial charge in [0.05, 0.1) is 16.1 Å². The van der Waals surface area contributed by atoms with E-state index >= 15 is 0 Å². The summed E-state index contributed by atoms with van der Waals surface area (Å²) in [6.07, 6.45) is 7.24. The van der Waals surface area contributed by atoms with Crippen LogP contribution in [-0.4, -0.2) is 37.8 Å². The molecule has 0 saturated heterocycles. The van der Waals surface area contributed by atoms with Crippen molar-refractivity contribution in [3.63, 3.8) is 0 Å². The molecule has 1 heterocycles. The van der Waals surface area contributed by atoms with E-state index in [4.69, 9.17) is 9.84 Å². The predicted octanol–water partition coefficient (Wildman–Crippen LogP) is 6.23. The Morgan fingerprint density at radius 1 is 1.19 bits per heavy atom. The number of rotatable bonds is 11. The number of para-hydroxylation sites is 1. The van der Waals surface area contributed by atoms with Crippen molar-refractivity contribution in [1.29, 1.82) is 0 Å². The van der Waals surface area contributed by atoms with Crippen molar-refractivity contribution in [3.8, 4) is 5.75 Å². The third kappa shape index (κ3) is 6.41. The van der Waals surface area contributed by atoms with Crippen LogP contribution in [0.15, 0.2) is 64.3 Å². The summed E-state index contributed by atoms with van der Waals surface area (Å²) in [5.74, 6) is -3.19. The first-order valence-electron chi connectivity index (χ1n) is 12.0. The van der Waals surface area contributed by atoms with E-state index in [0.29, 0.717) is 36.2 Å². The number of ether oxygens (including phenoxy) is 1. The second-order valence-corrected chi connectivity index (χ2v) is 11.4. The molecular weight excluding hydrogens is 503 g/mol. The van der Waals surface area contributed by atoms with Crippen molar-refractivity contribution in [2.75, 3.05) is 17.7 Å². The summed E-state index contributed by atoms with van der Waals surface area (Å²) in [4.78, 5) is 13.4. The van der Waals surface area contributed by atoms with E-state index in [1.165, 1.54) is 17.8 Å². The van der Waals surface area contributed by atoms with Crippen LogP contribution < -0.4 is 14.4 Å². The average Bonchev–Trinajstić information content (AvgIpc) is 2.96. The fourth-order valence-electron chi connectivity index (χ4n) is 4.39. The van der Waals surface area contributed by atoms with Crippen molar-refractivity contribution in [3.05, 3.63) is 54.6 Å². The first-order valence-corrected chi connectivity index (χ1v) is 14.7. The fourth-order valence-corrected chi connectivity index (χ4v) is 6.58. The molecule has 3 rings (SSSR count). The van der Waals surface area contributed by atoms with Crippen molar-refractivity contribution < 1.29 is 27.4 Å². The maximum Gasteiger partial charge on any atom is 0.368 e. The van der Waals surface area contributed by atoms with Crippen LogP contribution in [0.25, 0.3) is 0 Å². The van der Waals surface area contributed by atoms with Gasteiger partial charge in [0, 0.05) is 18.3 Å². The number of hydrogen-bond donors (Lipinski definition) is 2. The maximum absolute atomic E-state index is 13.8. The summed E-state index contributed by atoms with van der Waals surface area (Å²) < 4.78 is 49.6. The van der Waals surface area contributed by atoms with E-state index in [1.54, 1.807) is 12.3 Å². The lowest BCUT2D eigenvalue weighted by molar-refractivity contribution is -0.134. The summed E-state index contributed by atoms with van der Waals surface area (Å²) in [7, 11) is -4.00. The number of sulfonamides is 1. The van der Waals surface area contributed by atoms with Gasteiger partial charge in [0.1, 0.15) is 16.9 Å². The highest BCUT2D eigenvalue weighted by atomic mass is 32.2. The third-order valence-electron chi connectivity index (χ3n) is 6.22. The number of unbranched alkanes of at least 4 members (excludes halogenated alkanes) is 2. The molecule has 0 radical (unpaired) electrons. The van der Waals surface area contributed by atoms with Crippen LogP contribution in [0.4, 0.5) is 15.8 Å². The number of halogens is 1. The number of carboxylic acids is 1. The van der Waals surface area contributed by atoms with E-state index in [9.17, 15) is 17.6 Å². The Bertz CT molecular complexity index is 1190. The number of carboxylic acid groups (broad SMARTS) is 1. The number of hydrogen-bond acceptors (Lipinski definition) is 6. The number of benzene rings is 2. The topological polar surface area (TPSA) is 95.9 Å². The molecule has 7 nitrogen and oxygen atoms in total. The van der Waals surface area contributed by atoms with Gasteiger partial charge in [0.2, 0.25) is 15.9 Å². The summed E-state index contributed by atoms with van der Waals surface area (Å²) in [5, 5.41) is 8.82. The lowest BCUT2D eigenvalue weighted by Crippen LogP contribution is -2.53. The number of nitrogens with one attached hydrogen (secondary N) is 1. The summed E-state index contributed by atoms with van der Waals surface area (Å²) in [5.41, 5.74) is 0.658. The highest BCUT2D eigenvalue weighted by Crippen LogP contribution is 2.44. The van der Waals surface area contributed by atoms with Gasteiger partial charge in [0.15, 0.2) is 0 Å². The van der Waals surface area contributed by atoms with Crippen molar-refractivity contribution in [2.45, 2.75) is 67.7 Å². The average molecular weight is 537 g/mol. The fraction of sp³-hybridized carbons (Fsp3) is 0.423. The molecule has 2 aromatic rings. The van der Waals surface area contributed by atoms with E-state index in [1.807, 2.05) is 35.2 Å². The Balaban J connectivity index is 2.24. The maximum atomic E-state index is 13.8. The molecule has 0 saturated carbocycles. The first-order chi connectivity index (χ1) is 17.2. The molecule has 0 aromatic heterocycles. The number of thioether (sulfide) groups is 1. The SMILES string of the molecule is CCCCC1(CCCC)CN(c2ccccc2)c2cc(SC)c(OC=C(F)C(=O)O)cc2S(=O)(=O)N1. The molecule has 0 atom stereocenters. The van der Waals surface area contributed by atoms with Crippen LogP contribution in [0.3, 0.4) is 0 Å². The molecule has 0 spiro atoms. The Morgan fingerprint density at radius 2 is 1.83 bits per heavy atom. The van der Waals surface area contributed by atoms with Gasteiger partial charge in [0.25, 0.3) is 0 Å². The normalized spacial score (nSPS) is 16.8. The molecule has 2 N–H and O–H groups in total. The second kappa shape index (κ2) is 12.1. The van der Waals surface area contributed by atoms with Gasteiger partial charge in [-0.15, -0.1) is 11.8 Å². The molecule has 1 aliphatic rings. The number of aliphatic carboxylic acids is 1. The Hall–Kier alpha value is -2.56. The Morgan fingerprint density at radius 3 is 2.39 bits per heavy atom. The molecule has 0 fully saturated rings. The lowest BCUT2D eigenvalue weighted by Gasteiger charge is -2.37. The quantitative estimate of drug-likeness (QED) is 0.200. The van der Waals surface area contributed by atoms with Gasteiger partial charge >= 0.3 is 5.97 Å². The molecular formula is C26H33FN2O5S2. The minimum absolute atomic E-state index is 0.00171. The van der Waals surface area contributed by atoms with Crippen LogP contribution in [0.5, 0.6) is 5.75 Å². The summed E-state index contributed by atoms with van der Waals surface area (Å²) in [6.45, 7) is 4.62. The molecule has 0 unspecified atom stereocenters. The minimum atomic E-state index is -4.00. The minimum Gasteiger partial charge on any atom is -0.476 e. The zero-order valence-corrected chi connectivity index (χ0v) is 22.4.